The van der Waals surface area contributed by atoms with E-state index in [-0.39, 0.29) is 5.91 Å². The maximum absolute atomic E-state index is 12.5. The summed E-state index contributed by atoms with van der Waals surface area (Å²) in [6, 6.07) is 7.94. The summed E-state index contributed by atoms with van der Waals surface area (Å²) in [6.07, 6.45) is 1.64. The van der Waals surface area contributed by atoms with Crippen LogP contribution in [0, 0.1) is 0 Å². The predicted octanol–water partition coefficient (Wildman–Crippen LogP) is 2.17. The van der Waals surface area contributed by atoms with Gasteiger partial charge in [0, 0.05) is 20.6 Å². The quantitative estimate of drug-likeness (QED) is 0.785. The Bertz CT molecular complexity index is 647. The SMILES string of the molecule is CCN1c2ccccc2N(C)C(=O)c2cnn(C)c21. The van der Waals surface area contributed by atoms with Gasteiger partial charge in [0.2, 0.25) is 0 Å². The molecule has 0 atom stereocenters. The molecule has 19 heavy (non-hydrogen) atoms. The van der Waals surface area contributed by atoms with Crippen LogP contribution < -0.4 is 9.80 Å². The first-order valence-corrected chi connectivity index (χ1v) is 6.31. The molecule has 2 aromatic rings. The van der Waals surface area contributed by atoms with Gasteiger partial charge in [-0.3, -0.25) is 9.48 Å². The minimum absolute atomic E-state index is 0.0218. The van der Waals surface area contributed by atoms with Crippen molar-refractivity contribution in [2.24, 2.45) is 7.05 Å². The molecule has 0 radical (unpaired) electrons. The Morgan fingerprint density at radius 2 is 1.84 bits per heavy atom. The van der Waals surface area contributed by atoms with Gasteiger partial charge in [0.1, 0.15) is 11.4 Å². The minimum atomic E-state index is -0.0218. The average molecular weight is 256 g/mol. The molecule has 1 amide bonds. The van der Waals surface area contributed by atoms with E-state index in [1.165, 1.54) is 0 Å². The minimum Gasteiger partial charge on any atom is -0.324 e. The van der Waals surface area contributed by atoms with Crippen molar-refractivity contribution in [1.82, 2.24) is 9.78 Å². The second kappa shape index (κ2) is 4.12. The molecule has 1 aromatic heterocycles. The summed E-state index contributed by atoms with van der Waals surface area (Å²) in [6.45, 7) is 2.86. The smallest absolute Gasteiger partial charge is 0.263 e. The number of rotatable bonds is 1. The number of hydrogen-bond donors (Lipinski definition) is 0. The fourth-order valence-corrected chi connectivity index (χ4v) is 2.60. The van der Waals surface area contributed by atoms with Gasteiger partial charge in [-0.1, -0.05) is 12.1 Å². The molecule has 1 aromatic carbocycles. The van der Waals surface area contributed by atoms with Gasteiger partial charge in [0.05, 0.1) is 17.6 Å². The van der Waals surface area contributed by atoms with Gasteiger partial charge < -0.3 is 9.80 Å². The van der Waals surface area contributed by atoms with Crippen molar-refractivity contribution in [2.45, 2.75) is 6.92 Å². The highest BCUT2D eigenvalue weighted by Crippen LogP contribution is 2.39. The fourth-order valence-electron chi connectivity index (χ4n) is 2.60. The summed E-state index contributed by atoms with van der Waals surface area (Å²) in [5, 5.41) is 4.22. The van der Waals surface area contributed by atoms with Crippen LogP contribution in [-0.2, 0) is 7.05 Å². The highest BCUT2D eigenvalue weighted by Gasteiger charge is 2.30. The van der Waals surface area contributed by atoms with E-state index < -0.39 is 0 Å². The second-order valence-corrected chi connectivity index (χ2v) is 4.60. The Balaban J connectivity index is 2.33. The summed E-state index contributed by atoms with van der Waals surface area (Å²) < 4.78 is 1.76. The van der Waals surface area contributed by atoms with E-state index in [0.29, 0.717) is 5.56 Å². The van der Waals surface area contributed by atoms with Crippen LogP contribution in [0.4, 0.5) is 17.2 Å². The molecule has 1 aliphatic rings. The number of carbonyl (C=O) groups is 1. The lowest BCUT2D eigenvalue weighted by Crippen LogP contribution is -2.24. The molecular weight excluding hydrogens is 240 g/mol. The van der Waals surface area contributed by atoms with Crippen LogP contribution in [0.3, 0.4) is 0 Å². The van der Waals surface area contributed by atoms with Crippen LogP contribution in [0.2, 0.25) is 0 Å². The van der Waals surface area contributed by atoms with E-state index in [9.17, 15) is 4.79 Å². The van der Waals surface area contributed by atoms with Crippen molar-refractivity contribution < 1.29 is 4.79 Å². The molecule has 2 heterocycles. The van der Waals surface area contributed by atoms with Crippen LogP contribution in [0.25, 0.3) is 0 Å². The molecule has 5 heteroatoms. The van der Waals surface area contributed by atoms with E-state index >= 15 is 0 Å². The molecule has 3 rings (SSSR count). The van der Waals surface area contributed by atoms with Crippen molar-refractivity contribution in [2.75, 3.05) is 23.4 Å². The molecule has 0 spiro atoms. The number of para-hydroxylation sites is 2. The lowest BCUT2D eigenvalue weighted by atomic mass is 10.2. The molecule has 98 valence electrons. The zero-order valence-corrected chi connectivity index (χ0v) is 11.3. The van der Waals surface area contributed by atoms with Crippen molar-refractivity contribution in [3.05, 3.63) is 36.0 Å². The zero-order chi connectivity index (χ0) is 13.6. The normalized spacial score (nSPS) is 14.2. The first-order valence-electron chi connectivity index (χ1n) is 6.31. The summed E-state index contributed by atoms with van der Waals surface area (Å²) in [5.41, 5.74) is 2.59. The Morgan fingerprint density at radius 3 is 2.53 bits per heavy atom. The lowest BCUT2D eigenvalue weighted by Gasteiger charge is -2.24. The summed E-state index contributed by atoms with van der Waals surface area (Å²) >= 11 is 0. The van der Waals surface area contributed by atoms with Crippen LogP contribution in [0.15, 0.2) is 30.5 Å². The van der Waals surface area contributed by atoms with Crippen molar-refractivity contribution in [1.29, 1.82) is 0 Å². The van der Waals surface area contributed by atoms with Crippen LogP contribution in [-0.4, -0.2) is 29.3 Å². The summed E-state index contributed by atoms with van der Waals surface area (Å²) in [4.78, 5) is 16.3. The third kappa shape index (κ3) is 1.54. The maximum Gasteiger partial charge on any atom is 0.263 e. The van der Waals surface area contributed by atoms with Crippen molar-refractivity contribution >= 4 is 23.1 Å². The standard InChI is InChI=1S/C14H16N4O/c1-4-18-12-8-6-5-7-11(12)16(2)14(19)10-9-15-17(3)13(10)18/h5-9H,4H2,1-3H3. The van der Waals surface area contributed by atoms with Crippen LogP contribution >= 0.6 is 0 Å². The first-order chi connectivity index (χ1) is 9.15. The fraction of sp³-hybridized carbons (Fsp3) is 0.286. The molecule has 0 saturated carbocycles. The molecule has 0 N–H and O–H groups in total. The molecule has 0 fully saturated rings. The predicted molar refractivity (Wildman–Crippen MR) is 75.1 cm³/mol. The van der Waals surface area contributed by atoms with Crippen LogP contribution in [0.5, 0.6) is 0 Å². The summed E-state index contributed by atoms with van der Waals surface area (Å²) in [7, 11) is 3.67. The Kier molecular flexibility index (Phi) is 2.55. The largest absolute Gasteiger partial charge is 0.324 e. The molecule has 0 saturated heterocycles. The van der Waals surface area contributed by atoms with E-state index in [0.717, 1.165) is 23.7 Å². The van der Waals surface area contributed by atoms with Gasteiger partial charge in [-0.05, 0) is 19.1 Å². The van der Waals surface area contributed by atoms with Gasteiger partial charge in [-0.15, -0.1) is 0 Å². The second-order valence-electron chi connectivity index (χ2n) is 4.60. The van der Waals surface area contributed by atoms with Gasteiger partial charge in [-0.2, -0.15) is 5.10 Å². The van der Waals surface area contributed by atoms with Gasteiger partial charge >= 0.3 is 0 Å². The van der Waals surface area contributed by atoms with Crippen molar-refractivity contribution in [3.8, 4) is 0 Å². The Hall–Kier alpha value is -2.30. The van der Waals surface area contributed by atoms with E-state index in [4.69, 9.17) is 0 Å². The molecule has 0 unspecified atom stereocenters. The monoisotopic (exact) mass is 256 g/mol. The third-order valence-electron chi connectivity index (χ3n) is 3.55. The number of aryl methyl sites for hydroxylation is 1. The Morgan fingerprint density at radius 1 is 1.16 bits per heavy atom. The Labute approximate surface area is 112 Å². The maximum atomic E-state index is 12.5. The molecule has 0 aliphatic carbocycles. The molecule has 5 nitrogen and oxygen atoms in total. The number of fused-ring (bicyclic) bond motifs is 2. The van der Waals surface area contributed by atoms with Gasteiger partial charge in [-0.25, -0.2) is 0 Å². The molecule has 1 aliphatic heterocycles. The number of hydrogen-bond acceptors (Lipinski definition) is 3. The van der Waals surface area contributed by atoms with Crippen molar-refractivity contribution in [3.63, 3.8) is 0 Å². The average Bonchev–Trinajstić information content (AvgIpc) is 2.77. The molecular formula is C14H16N4O. The number of anilines is 3. The van der Waals surface area contributed by atoms with Gasteiger partial charge in [0.25, 0.3) is 5.91 Å². The van der Waals surface area contributed by atoms with Crippen LogP contribution in [0.1, 0.15) is 17.3 Å². The zero-order valence-electron chi connectivity index (χ0n) is 11.3. The highest BCUT2D eigenvalue weighted by molar-refractivity contribution is 6.13. The number of aromatic nitrogens is 2. The number of carbonyl (C=O) groups excluding carboxylic acids is 1. The lowest BCUT2D eigenvalue weighted by molar-refractivity contribution is 0.0994. The summed E-state index contributed by atoms with van der Waals surface area (Å²) in [5.74, 6) is 0.829. The third-order valence-corrected chi connectivity index (χ3v) is 3.55. The topological polar surface area (TPSA) is 41.4 Å². The number of benzene rings is 1. The van der Waals surface area contributed by atoms with E-state index in [1.54, 1.807) is 22.8 Å². The van der Waals surface area contributed by atoms with E-state index in [2.05, 4.69) is 16.9 Å². The van der Waals surface area contributed by atoms with Gasteiger partial charge in [0.15, 0.2) is 0 Å². The van der Waals surface area contributed by atoms with E-state index in [1.807, 2.05) is 31.3 Å². The number of nitrogens with zero attached hydrogens (tertiary/aromatic N) is 4. The first kappa shape index (κ1) is 11.8. The number of amides is 1. The molecule has 0 bridgehead atoms. The highest BCUT2D eigenvalue weighted by atomic mass is 16.2.